The van der Waals surface area contributed by atoms with Crippen molar-refractivity contribution in [2.45, 2.75) is 0 Å². The van der Waals surface area contributed by atoms with Crippen LogP contribution in [0.25, 0.3) is 0 Å². The Morgan fingerprint density at radius 3 is 1.15 bits per heavy atom. The van der Waals surface area contributed by atoms with E-state index in [1.165, 1.54) is 48.5 Å². The molecule has 2 heterocycles. The number of benzene rings is 3. The van der Waals surface area contributed by atoms with Gasteiger partial charge in [0, 0.05) is 0 Å². The van der Waals surface area contributed by atoms with Crippen molar-refractivity contribution in [1.82, 2.24) is 0 Å². The number of imide groups is 2. The number of hydrogen-bond acceptors (Lipinski definition) is 6. The van der Waals surface area contributed by atoms with Gasteiger partial charge in [0.25, 0.3) is 23.6 Å². The minimum atomic E-state index is -1.23. The lowest BCUT2D eigenvalue weighted by molar-refractivity contribution is 0.0686. The van der Waals surface area contributed by atoms with E-state index in [0.717, 1.165) is 21.9 Å². The van der Waals surface area contributed by atoms with Gasteiger partial charge in [-0.3, -0.25) is 19.2 Å². The van der Waals surface area contributed by atoms with Crippen LogP contribution < -0.4 is 9.80 Å². The summed E-state index contributed by atoms with van der Waals surface area (Å²) in [5.74, 6) is -5.13. The molecule has 2 N–H and O–H groups in total. The molecule has 2 aliphatic heterocycles. The molecule has 0 spiro atoms. The zero-order valence-electron chi connectivity index (χ0n) is 17.0. The molecule has 34 heavy (non-hydrogen) atoms. The van der Waals surface area contributed by atoms with Gasteiger partial charge in [0.05, 0.1) is 44.8 Å². The number of rotatable bonds is 4. The summed E-state index contributed by atoms with van der Waals surface area (Å²) in [6.45, 7) is 0. The molecule has 3 aromatic carbocycles. The second-order valence-electron chi connectivity index (χ2n) is 7.54. The molecule has 166 valence electrons. The number of carbonyl (C=O) groups excluding carboxylic acids is 4. The molecule has 0 saturated heterocycles. The van der Waals surface area contributed by atoms with Crippen LogP contribution in [0, 0.1) is 0 Å². The summed E-state index contributed by atoms with van der Waals surface area (Å²) in [4.78, 5) is 75.3. The van der Waals surface area contributed by atoms with Crippen LogP contribution in [0.5, 0.6) is 0 Å². The highest BCUT2D eigenvalue weighted by atomic mass is 16.4. The Morgan fingerprint density at radius 2 is 0.824 bits per heavy atom. The molecule has 4 amide bonds. The number of carboxylic acid groups (broad SMARTS) is 2. The first-order valence-electron chi connectivity index (χ1n) is 9.81. The maximum atomic E-state index is 12.8. The average molecular weight is 456 g/mol. The number of anilines is 2. The van der Waals surface area contributed by atoms with Crippen LogP contribution in [0.4, 0.5) is 11.4 Å². The van der Waals surface area contributed by atoms with Crippen LogP contribution in [0.2, 0.25) is 0 Å². The lowest BCUT2D eigenvalue weighted by atomic mass is 10.1. The van der Waals surface area contributed by atoms with Gasteiger partial charge in [-0.25, -0.2) is 19.4 Å². The molecule has 0 aliphatic carbocycles. The fraction of sp³-hybridized carbons (Fsp3) is 0. The van der Waals surface area contributed by atoms with Crippen molar-refractivity contribution >= 4 is 46.9 Å². The molecule has 0 aromatic heterocycles. The Bertz CT molecular complexity index is 1380. The normalized spacial score (nSPS) is 14.5. The van der Waals surface area contributed by atoms with Crippen LogP contribution in [-0.4, -0.2) is 45.8 Å². The monoisotopic (exact) mass is 456 g/mol. The number of fused-ring (bicyclic) bond motifs is 2. The third-order valence-electron chi connectivity index (χ3n) is 5.63. The third kappa shape index (κ3) is 2.89. The summed E-state index contributed by atoms with van der Waals surface area (Å²) in [5.41, 5.74) is 0.116. The fourth-order valence-corrected chi connectivity index (χ4v) is 3.97. The highest BCUT2D eigenvalue weighted by molar-refractivity contribution is 6.36. The van der Waals surface area contributed by atoms with Gasteiger partial charge in [0.15, 0.2) is 0 Å². The maximum Gasteiger partial charge on any atom is 0.335 e. The van der Waals surface area contributed by atoms with Gasteiger partial charge >= 0.3 is 11.9 Å². The summed E-state index contributed by atoms with van der Waals surface area (Å²) in [6.07, 6.45) is 0. The minimum Gasteiger partial charge on any atom is -0.478 e. The third-order valence-corrected chi connectivity index (χ3v) is 5.63. The second-order valence-corrected chi connectivity index (χ2v) is 7.54. The lowest BCUT2D eigenvalue weighted by Crippen LogP contribution is -2.30. The van der Waals surface area contributed by atoms with Gasteiger partial charge in [-0.15, -0.1) is 0 Å². The van der Waals surface area contributed by atoms with Crippen molar-refractivity contribution in [2.75, 3.05) is 9.80 Å². The van der Waals surface area contributed by atoms with E-state index in [1.807, 2.05) is 0 Å². The van der Waals surface area contributed by atoms with Crippen molar-refractivity contribution in [2.24, 2.45) is 0 Å². The van der Waals surface area contributed by atoms with E-state index < -0.39 is 35.6 Å². The SMILES string of the molecule is O=C(O)c1ccc2c(c1)C(=O)N(c1ccc(N3C(=O)c4ccc(C(=O)O)cc4C3=O)cc1)C2=O. The minimum absolute atomic E-state index is 0.0384. The first-order chi connectivity index (χ1) is 16.2. The van der Waals surface area contributed by atoms with E-state index in [1.54, 1.807) is 0 Å². The summed E-state index contributed by atoms with van der Waals surface area (Å²) < 4.78 is 0. The quantitative estimate of drug-likeness (QED) is 0.569. The second kappa shape index (κ2) is 7.20. The maximum absolute atomic E-state index is 12.8. The number of aromatic carboxylic acids is 2. The number of amides is 4. The van der Waals surface area contributed by atoms with Crippen LogP contribution in [0.1, 0.15) is 62.1 Å². The first-order valence-corrected chi connectivity index (χ1v) is 9.81. The van der Waals surface area contributed by atoms with Crippen molar-refractivity contribution in [3.63, 3.8) is 0 Å². The molecular formula is C24H12N2O8. The van der Waals surface area contributed by atoms with Crippen LogP contribution in [0.3, 0.4) is 0 Å². The molecule has 0 atom stereocenters. The van der Waals surface area contributed by atoms with Crippen molar-refractivity contribution < 1.29 is 39.0 Å². The van der Waals surface area contributed by atoms with E-state index in [-0.39, 0.29) is 44.8 Å². The van der Waals surface area contributed by atoms with E-state index in [0.29, 0.717) is 0 Å². The highest BCUT2D eigenvalue weighted by Gasteiger charge is 2.39. The number of nitrogens with zero attached hydrogens (tertiary/aromatic N) is 2. The topological polar surface area (TPSA) is 149 Å². The molecule has 0 radical (unpaired) electrons. The molecule has 5 rings (SSSR count). The van der Waals surface area contributed by atoms with Crippen LogP contribution in [0.15, 0.2) is 60.7 Å². The van der Waals surface area contributed by atoms with E-state index in [2.05, 4.69) is 0 Å². The van der Waals surface area contributed by atoms with Gasteiger partial charge in [-0.2, -0.15) is 0 Å². The summed E-state index contributed by atoms with van der Waals surface area (Å²) in [6, 6.07) is 12.8. The molecular weight excluding hydrogens is 444 g/mol. The van der Waals surface area contributed by atoms with Crippen LogP contribution in [-0.2, 0) is 0 Å². The summed E-state index contributed by atoms with van der Waals surface area (Å²) in [5, 5.41) is 18.3. The molecule has 0 bridgehead atoms. The number of hydrogen-bond donors (Lipinski definition) is 2. The molecule has 0 saturated carbocycles. The molecule has 0 fully saturated rings. The zero-order valence-corrected chi connectivity index (χ0v) is 17.0. The zero-order chi connectivity index (χ0) is 24.3. The van der Waals surface area contributed by atoms with Crippen molar-refractivity contribution in [3.05, 3.63) is 94.0 Å². The van der Waals surface area contributed by atoms with Gasteiger partial charge in [-0.05, 0) is 60.7 Å². The van der Waals surface area contributed by atoms with Gasteiger partial charge in [0.1, 0.15) is 0 Å². The number of carboxylic acids is 2. The first kappa shape index (κ1) is 20.8. The lowest BCUT2D eigenvalue weighted by Gasteiger charge is -2.17. The van der Waals surface area contributed by atoms with Crippen LogP contribution >= 0.6 is 0 Å². The largest absolute Gasteiger partial charge is 0.478 e. The summed E-state index contributed by atoms with van der Waals surface area (Å²) >= 11 is 0. The highest BCUT2D eigenvalue weighted by Crippen LogP contribution is 2.33. The van der Waals surface area contributed by atoms with E-state index in [4.69, 9.17) is 10.2 Å². The summed E-state index contributed by atoms with van der Waals surface area (Å²) in [7, 11) is 0. The Labute approximate surface area is 190 Å². The predicted molar refractivity (Wildman–Crippen MR) is 116 cm³/mol. The molecule has 2 aliphatic rings. The molecule has 3 aromatic rings. The molecule has 0 unspecified atom stereocenters. The predicted octanol–water partition coefficient (Wildman–Crippen LogP) is 2.68. The van der Waals surface area contributed by atoms with Gasteiger partial charge in [0.2, 0.25) is 0 Å². The van der Waals surface area contributed by atoms with Gasteiger partial charge < -0.3 is 10.2 Å². The standard InChI is InChI=1S/C24H12N2O8/c27-19-15-7-1-11(23(31)32)9-17(15)21(29)25(19)13-3-5-14(6-4-13)26-20(28)16-8-2-12(24(33)34)10-18(16)22(26)30/h1-10H,(H,31,32)(H,33,34). The Morgan fingerprint density at radius 1 is 0.500 bits per heavy atom. The molecule has 10 heteroatoms. The van der Waals surface area contributed by atoms with E-state index in [9.17, 15) is 28.8 Å². The smallest absolute Gasteiger partial charge is 0.335 e. The number of carbonyl (C=O) groups is 6. The average Bonchev–Trinajstić information content (AvgIpc) is 3.22. The van der Waals surface area contributed by atoms with Crippen molar-refractivity contribution in [1.29, 1.82) is 0 Å². The fourth-order valence-electron chi connectivity index (χ4n) is 3.97. The van der Waals surface area contributed by atoms with Gasteiger partial charge in [-0.1, -0.05) is 0 Å². The Balaban J connectivity index is 1.45. The molecule has 10 nitrogen and oxygen atoms in total. The van der Waals surface area contributed by atoms with E-state index >= 15 is 0 Å². The Kier molecular flexibility index (Phi) is 4.40. The Hall–Kier alpha value is -5.12. The van der Waals surface area contributed by atoms with Crippen molar-refractivity contribution in [3.8, 4) is 0 Å².